The Morgan fingerprint density at radius 1 is 1.03 bits per heavy atom. The average molecular weight is 569 g/mol. The van der Waals surface area contributed by atoms with E-state index in [-0.39, 0.29) is 24.0 Å². The smallest absolute Gasteiger partial charge is 0.191 e. The highest BCUT2D eigenvalue weighted by molar-refractivity contribution is 14.0. The van der Waals surface area contributed by atoms with Gasteiger partial charge in [-0.2, -0.15) is 0 Å². The van der Waals surface area contributed by atoms with Crippen molar-refractivity contribution >= 4 is 29.9 Å². The predicted molar refractivity (Wildman–Crippen MR) is 144 cm³/mol. The Kier molecular flexibility index (Phi) is 11.8. The van der Waals surface area contributed by atoms with Crippen molar-refractivity contribution in [1.29, 1.82) is 0 Å². The molecule has 0 saturated carbocycles. The van der Waals surface area contributed by atoms with Crippen molar-refractivity contribution in [3.8, 4) is 11.5 Å². The van der Waals surface area contributed by atoms with Crippen LogP contribution in [-0.2, 0) is 24.4 Å². The lowest BCUT2D eigenvalue weighted by Gasteiger charge is -2.19. The molecule has 2 aromatic carbocycles. The maximum absolute atomic E-state index is 5.40. The SMILES string of the molecule is CCNC(=NCc1cccc(COC)c1)NC1CCN(Cc2cc(OC)cc(OC)c2)C1.I. The number of hydrogen-bond acceptors (Lipinski definition) is 5. The number of halogens is 1. The molecule has 3 rings (SSSR count). The first-order chi connectivity index (χ1) is 15.6. The van der Waals surface area contributed by atoms with Crippen LogP contribution >= 0.6 is 24.0 Å². The second kappa shape index (κ2) is 14.3. The van der Waals surface area contributed by atoms with Gasteiger partial charge in [0, 0.05) is 45.4 Å². The Bertz CT molecular complexity index is 871. The van der Waals surface area contributed by atoms with E-state index in [1.165, 1.54) is 16.7 Å². The first-order valence-electron chi connectivity index (χ1n) is 11.2. The standard InChI is InChI=1S/C25H36N4O3.HI/c1-5-26-25(27-15-19-7-6-8-20(11-19)18-30-2)28-22-9-10-29(17-22)16-21-12-23(31-3)14-24(13-21)32-4;/h6-8,11-14,22H,5,9-10,15-18H2,1-4H3,(H2,26,27,28);1H. The van der Waals surface area contributed by atoms with E-state index in [0.717, 1.165) is 50.1 Å². The average Bonchev–Trinajstić information content (AvgIpc) is 3.24. The molecule has 1 atom stereocenters. The summed E-state index contributed by atoms with van der Waals surface area (Å²) in [5, 5.41) is 6.99. The van der Waals surface area contributed by atoms with Crippen molar-refractivity contribution < 1.29 is 14.2 Å². The fourth-order valence-electron chi connectivity index (χ4n) is 3.98. The van der Waals surface area contributed by atoms with E-state index in [1.807, 2.05) is 6.07 Å². The molecule has 7 nitrogen and oxygen atoms in total. The third-order valence-electron chi connectivity index (χ3n) is 5.50. The highest BCUT2D eigenvalue weighted by atomic mass is 127. The summed E-state index contributed by atoms with van der Waals surface area (Å²) in [7, 11) is 5.08. The van der Waals surface area contributed by atoms with Gasteiger partial charge in [0.1, 0.15) is 11.5 Å². The number of nitrogens with zero attached hydrogens (tertiary/aromatic N) is 2. The largest absolute Gasteiger partial charge is 0.497 e. The summed E-state index contributed by atoms with van der Waals surface area (Å²) < 4.78 is 16.0. The van der Waals surface area contributed by atoms with E-state index >= 15 is 0 Å². The molecule has 2 aromatic rings. The van der Waals surface area contributed by atoms with Crippen molar-refractivity contribution in [1.82, 2.24) is 15.5 Å². The van der Waals surface area contributed by atoms with Crippen LogP contribution in [0.5, 0.6) is 11.5 Å². The molecule has 0 aromatic heterocycles. The van der Waals surface area contributed by atoms with Crippen LogP contribution < -0.4 is 20.1 Å². The molecule has 0 bridgehead atoms. The second-order valence-electron chi connectivity index (χ2n) is 8.03. The van der Waals surface area contributed by atoms with Crippen LogP contribution in [0.2, 0.25) is 0 Å². The Balaban J connectivity index is 0.00000385. The molecule has 2 N–H and O–H groups in total. The van der Waals surface area contributed by atoms with E-state index in [2.05, 4.69) is 58.9 Å². The molecule has 33 heavy (non-hydrogen) atoms. The molecule has 8 heteroatoms. The van der Waals surface area contributed by atoms with Crippen LogP contribution in [0, 0.1) is 0 Å². The van der Waals surface area contributed by atoms with E-state index in [9.17, 15) is 0 Å². The molecule has 0 spiro atoms. The van der Waals surface area contributed by atoms with Crippen LogP contribution in [0.3, 0.4) is 0 Å². The Labute approximate surface area is 214 Å². The highest BCUT2D eigenvalue weighted by Crippen LogP contribution is 2.24. The van der Waals surface area contributed by atoms with Gasteiger partial charge in [-0.05, 0) is 42.2 Å². The highest BCUT2D eigenvalue weighted by Gasteiger charge is 2.23. The number of guanidine groups is 1. The minimum atomic E-state index is 0. The molecule has 1 heterocycles. The summed E-state index contributed by atoms with van der Waals surface area (Å²) in [4.78, 5) is 7.25. The van der Waals surface area contributed by atoms with Crippen molar-refractivity contribution in [2.75, 3.05) is 41.0 Å². The lowest BCUT2D eigenvalue weighted by atomic mass is 10.1. The van der Waals surface area contributed by atoms with Gasteiger partial charge in [-0.3, -0.25) is 4.90 Å². The molecule has 0 radical (unpaired) electrons. The minimum Gasteiger partial charge on any atom is -0.497 e. The molecule has 0 amide bonds. The van der Waals surface area contributed by atoms with E-state index in [4.69, 9.17) is 19.2 Å². The van der Waals surface area contributed by atoms with Crippen molar-refractivity contribution in [3.63, 3.8) is 0 Å². The number of benzene rings is 2. The van der Waals surface area contributed by atoms with E-state index < -0.39 is 0 Å². The lowest BCUT2D eigenvalue weighted by Crippen LogP contribution is -2.44. The van der Waals surface area contributed by atoms with Crippen LogP contribution in [-0.4, -0.2) is 57.9 Å². The minimum absolute atomic E-state index is 0. The zero-order valence-electron chi connectivity index (χ0n) is 20.1. The van der Waals surface area contributed by atoms with Gasteiger partial charge in [0.15, 0.2) is 5.96 Å². The fraction of sp³-hybridized carbons (Fsp3) is 0.480. The molecule has 1 aliphatic heterocycles. The Hall–Kier alpha value is -2.04. The zero-order valence-corrected chi connectivity index (χ0v) is 22.4. The normalized spacial score (nSPS) is 16.2. The number of rotatable bonds is 10. The molecular formula is C25H37IN4O3. The predicted octanol–water partition coefficient (Wildman–Crippen LogP) is 3.80. The van der Waals surface area contributed by atoms with Crippen LogP contribution in [0.4, 0.5) is 0 Å². The fourth-order valence-corrected chi connectivity index (χ4v) is 3.98. The molecular weight excluding hydrogens is 531 g/mol. The van der Waals surface area contributed by atoms with Gasteiger partial charge in [-0.25, -0.2) is 4.99 Å². The van der Waals surface area contributed by atoms with Crippen LogP contribution in [0.25, 0.3) is 0 Å². The molecule has 0 aliphatic carbocycles. The molecule has 182 valence electrons. The third-order valence-corrected chi connectivity index (χ3v) is 5.50. The van der Waals surface area contributed by atoms with Gasteiger partial charge in [0.2, 0.25) is 0 Å². The van der Waals surface area contributed by atoms with Crippen LogP contribution in [0.1, 0.15) is 30.0 Å². The third kappa shape index (κ3) is 8.68. The van der Waals surface area contributed by atoms with Crippen molar-refractivity contribution in [2.45, 2.75) is 39.1 Å². The monoisotopic (exact) mass is 568 g/mol. The van der Waals surface area contributed by atoms with Gasteiger partial charge in [-0.1, -0.05) is 24.3 Å². The molecule has 1 aliphatic rings. The van der Waals surface area contributed by atoms with E-state index in [1.54, 1.807) is 21.3 Å². The molecule has 1 fully saturated rings. The second-order valence-corrected chi connectivity index (χ2v) is 8.03. The summed E-state index contributed by atoms with van der Waals surface area (Å²) in [6.07, 6.45) is 1.08. The first-order valence-corrected chi connectivity index (χ1v) is 11.2. The lowest BCUT2D eigenvalue weighted by molar-refractivity contribution is 0.185. The summed E-state index contributed by atoms with van der Waals surface area (Å²) >= 11 is 0. The Morgan fingerprint density at radius 2 is 1.76 bits per heavy atom. The zero-order chi connectivity index (χ0) is 22.8. The molecule has 1 saturated heterocycles. The number of nitrogens with one attached hydrogen (secondary N) is 2. The summed E-state index contributed by atoms with van der Waals surface area (Å²) in [6.45, 7) is 7.04. The first kappa shape index (κ1) is 27.2. The number of likely N-dealkylation sites (tertiary alicyclic amines) is 1. The quantitative estimate of drug-likeness (QED) is 0.258. The number of ether oxygens (including phenoxy) is 3. The topological polar surface area (TPSA) is 67.4 Å². The van der Waals surface area contributed by atoms with Crippen molar-refractivity contribution in [2.24, 2.45) is 4.99 Å². The number of methoxy groups -OCH3 is 3. The number of hydrogen-bond donors (Lipinski definition) is 2. The van der Waals surface area contributed by atoms with Gasteiger partial charge in [-0.15, -0.1) is 24.0 Å². The van der Waals surface area contributed by atoms with E-state index in [0.29, 0.717) is 19.2 Å². The summed E-state index contributed by atoms with van der Waals surface area (Å²) in [5.41, 5.74) is 3.54. The van der Waals surface area contributed by atoms with Gasteiger partial charge in [0.05, 0.1) is 27.4 Å². The van der Waals surface area contributed by atoms with Gasteiger partial charge < -0.3 is 24.8 Å². The maximum atomic E-state index is 5.40. The van der Waals surface area contributed by atoms with Crippen molar-refractivity contribution in [3.05, 3.63) is 59.2 Å². The van der Waals surface area contributed by atoms with Crippen LogP contribution in [0.15, 0.2) is 47.5 Å². The number of aliphatic imine (C=N–C) groups is 1. The molecule has 1 unspecified atom stereocenters. The van der Waals surface area contributed by atoms with Gasteiger partial charge >= 0.3 is 0 Å². The summed E-state index contributed by atoms with van der Waals surface area (Å²) in [6, 6.07) is 14.8. The maximum Gasteiger partial charge on any atom is 0.191 e. The summed E-state index contributed by atoms with van der Waals surface area (Å²) in [5.74, 6) is 2.51. The Morgan fingerprint density at radius 3 is 2.42 bits per heavy atom. The van der Waals surface area contributed by atoms with Gasteiger partial charge in [0.25, 0.3) is 0 Å².